The van der Waals surface area contributed by atoms with Gasteiger partial charge >= 0.3 is 0 Å². The third kappa shape index (κ3) is 6.02. The lowest BCUT2D eigenvalue weighted by atomic mass is 9.98. The van der Waals surface area contributed by atoms with E-state index in [1.54, 1.807) is 0 Å². The number of amidine groups is 1. The van der Waals surface area contributed by atoms with Gasteiger partial charge in [-0.05, 0) is 39.4 Å². The summed E-state index contributed by atoms with van der Waals surface area (Å²) in [6, 6.07) is 63.2. The van der Waals surface area contributed by atoms with E-state index in [0.29, 0.717) is 11.5 Å². The maximum Gasteiger partial charge on any atom is 0.161 e. The van der Waals surface area contributed by atoms with Gasteiger partial charge in [-0.1, -0.05) is 183 Å². The lowest BCUT2D eigenvalue weighted by Gasteiger charge is -2.10. The highest BCUT2D eigenvalue weighted by atomic mass is 15.1. The molecule has 0 aliphatic heterocycles. The molecule has 8 rings (SSSR count). The maximum absolute atomic E-state index is 5.12. The Morgan fingerprint density at radius 2 is 0.959 bits per heavy atom. The standard InChI is InChI=1S/C46H33N3/c1-33(34-14-5-2-6-15-34)48-46(40-30-26-38(27-31-40)36-18-9-4-10-19-36)47-32-49-44-23-12-11-20-42(44)43-22-13-21-41(45(43)49)39-28-24-37(25-29-39)35-16-7-3-8-17-35/h2-32H,1H2. The molecule has 0 aliphatic rings. The van der Waals surface area contributed by atoms with E-state index in [1.807, 2.05) is 48.8 Å². The first kappa shape index (κ1) is 29.8. The van der Waals surface area contributed by atoms with Crippen molar-refractivity contribution in [2.45, 2.75) is 0 Å². The topological polar surface area (TPSA) is 29.6 Å². The number of fused-ring (bicyclic) bond motifs is 3. The van der Waals surface area contributed by atoms with Gasteiger partial charge in [0.15, 0.2) is 5.84 Å². The number of nitrogens with zero attached hydrogens (tertiary/aromatic N) is 3. The predicted octanol–water partition coefficient (Wildman–Crippen LogP) is 11.8. The van der Waals surface area contributed by atoms with Gasteiger partial charge in [-0.2, -0.15) is 0 Å². The van der Waals surface area contributed by atoms with E-state index in [4.69, 9.17) is 9.98 Å². The van der Waals surface area contributed by atoms with E-state index in [0.717, 1.165) is 38.9 Å². The molecular formula is C46H33N3. The summed E-state index contributed by atoms with van der Waals surface area (Å²) < 4.78 is 2.20. The first-order valence-corrected chi connectivity index (χ1v) is 16.4. The molecule has 0 saturated carbocycles. The smallest absolute Gasteiger partial charge is 0.161 e. The molecule has 0 aliphatic carbocycles. The van der Waals surface area contributed by atoms with Gasteiger partial charge in [0.1, 0.15) is 6.34 Å². The number of rotatable bonds is 7. The van der Waals surface area contributed by atoms with Gasteiger partial charge in [0.2, 0.25) is 0 Å². The van der Waals surface area contributed by atoms with Crippen molar-refractivity contribution >= 4 is 39.7 Å². The molecule has 0 amide bonds. The predicted molar refractivity (Wildman–Crippen MR) is 208 cm³/mol. The Morgan fingerprint density at radius 1 is 0.449 bits per heavy atom. The second-order valence-corrected chi connectivity index (χ2v) is 12.0. The molecule has 3 heteroatoms. The van der Waals surface area contributed by atoms with Crippen LogP contribution in [0.4, 0.5) is 0 Å². The largest absolute Gasteiger partial charge is 0.299 e. The average molecular weight is 628 g/mol. The summed E-state index contributed by atoms with van der Waals surface area (Å²) in [6.07, 6.45) is 1.91. The zero-order valence-corrected chi connectivity index (χ0v) is 26.9. The van der Waals surface area contributed by atoms with Gasteiger partial charge in [-0.3, -0.25) is 4.57 Å². The Morgan fingerprint density at radius 3 is 1.61 bits per heavy atom. The van der Waals surface area contributed by atoms with Crippen LogP contribution < -0.4 is 0 Å². The fourth-order valence-corrected chi connectivity index (χ4v) is 6.42. The fraction of sp³-hybridized carbons (Fsp3) is 0. The highest BCUT2D eigenvalue weighted by Gasteiger charge is 2.15. The highest BCUT2D eigenvalue weighted by Crippen LogP contribution is 2.36. The van der Waals surface area contributed by atoms with E-state index < -0.39 is 0 Å². The Bertz CT molecular complexity index is 2450. The fourth-order valence-electron chi connectivity index (χ4n) is 6.42. The van der Waals surface area contributed by atoms with E-state index in [-0.39, 0.29) is 0 Å². The van der Waals surface area contributed by atoms with E-state index in [9.17, 15) is 0 Å². The summed E-state index contributed by atoms with van der Waals surface area (Å²) in [5, 5.41) is 2.34. The van der Waals surface area contributed by atoms with Crippen molar-refractivity contribution in [1.29, 1.82) is 0 Å². The van der Waals surface area contributed by atoms with Crippen LogP contribution in [-0.2, 0) is 0 Å². The number of benzene rings is 7. The van der Waals surface area contributed by atoms with Crippen molar-refractivity contribution in [2.75, 3.05) is 0 Å². The summed E-state index contributed by atoms with van der Waals surface area (Å²) in [4.78, 5) is 10.1. The van der Waals surface area contributed by atoms with Crippen molar-refractivity contribution in [1.82, 2.24) is 4.57 Å². The molecule has 0 N–H and O–H groups in total. The van der Waals surface area contributed by atoms with Crippen LogP contribution in [0.25, 0.3) is 60.9 Å². The van der Waals surface area contributed by atoms with Gasteiger partial charge in [-0.15, -0.1) is 0 Å². The minimum Gasteiger partial charge on any atom is -0.299 e. The molecule has 0 atom stereocenters. The van der Waals surface area contributed by atoms with Crippen molar-refractivity contribution in [2.24, 2.45) is 9.98 Å². The number of hydrogen-bond donors (Lipinski definition) is 0. The van der Waals surface area contributed by atoms with E-state index in [1.165, 1.54) is 27.5 Å². The average Bonchev–Trinajstić information content (AvgIpc) is 3.51. The van der Waals surface area contributed by atoms with Crippen molar-refractivity contribution in [3.8, 4) is 33.4 Å². The molecule has 232 valence electrons. The Hall–Kier alpha value is -6.58. The number of aliphatic imine (C=N–C) groups is 2. The van der Waals surface area contributed by atoms with Crippen LogP contribution in [0.2, 0.25) is 0 Å². The molecule has 0 unspecified atom stereocenters. The molecule has 7 aromatic carbocycles. The van der Waals surface area contributed by atoms with Crippen LogP contribution in [0.15, 0.2) is 199 Å². The van der Waals surface area contributed by atoms with Crippen LogP contribution >= 0.6 is 0 Å². The minimum absolute atomic E-state index is 0.587. The Balaban J connectivity index is 1.25. The van der Waals surface area contributed by atoms with Gasteiger partial charge in [0.05, 0.1) is 16.7 Å². The third-order valence-corrected chi connectivity index (χ3v) is 8.93. The van der Waals surface area contributed by atoms with Gasteiger partial charge < -0.3 is 0 Å². The lowest BCUT2D eigenvalue weighted by Crippen LogP contribution is -2.03. The molecule has 0 saturated heterocycles. The third-order valence-electron chi connectivity index (χ3n) is 8.93. The normalized spacial score (nSPS) is 11.8. The zero-order chi connectivity index (χ0) is 33.0. The Kier molecular flexibility index (Phi) is 8.07. The number of aromatic nitrogens is 1. The summed E-state index contributed by atoms with van der Waals surface area (Å²) in [6.45, 7) is 4.31. The van der Waals surface area contributed by atoms with Crippen molar-refractivity contribution in [3.05, 3.63) is 200 Å². The lowest BCUT2D eigenvalue weighted by molar-refractivity contribution is 1.31. The molecule has 0 fully saturated rings. The monoisotopic (exact) mass is 627 g/mol. The molecule has 0 bridgehead atoms. The van der Waals surface area contributed by atoms with Crippen LogP contribution in [-0.4, -0.2) is 16.7 Å². The first-order chi connectivity index (χ1) is 24.2. The molecule has 1 aromatic heterocycles. The van der Waals surface area contributed by atoms with Gasteiger partial charge in [0, 0.05) is 21.9 Å². The van der Waals surface area contributed by atoms with Crippen LogP contribution in [0.3, 0.4) is 0 Å². The van der Waals surface area contributed by atoms with Crippen molar-refractivity contribution < 1.29 is 0 Å². The molecular weight excluding hydrogens is 595 g/mol. The van der Waals surface area contributed by atoms with Crippen LogP contribution in [0, 0.1) is 0 Å². The summed E-state index contributed by atoms with van der Waals surface area (Å²) >= 11 is 0. The number of hydrogen-bond acceptors (Lipinski definition) is 1. The first-order valence-electron chi connectivity index (χ1n) is 16.4. The second-order valence-electron chi connectivity index (χ2n) is 12.0. The highest BCUT2D eigenvalue weighted by molar-refractivity contribution is 6.16. The molecule has 3 nitrogen and oxygen atoms in total. The molecule has 8 aromatic rings. The number of para-hydroxylation sites is 2. The van der Waals surface area contributed by atoms with Crippen LogP contribution in [0.1, 0.15) is 11.1 Å². The zero-order valence-electron chi connectivity index (χ0n) is 26.9. The van der Waals surface area contributed by atoms with Gasteiger partial charge in [0.25, 0.3) is 0 Å². The quantitative estimate of drug-likeness (QED) is 0.124. The minimum atomic E-state index is 0.587. The summed E-state index contributed by atoms with van der Waals surface area (Å²) in [5.41, 5.74) is 11.7. The maximum atomic E-state index is 5.12. The molecule has 0 radical (unpaired) electrons. The summed E-state index contributed by atoms with van der Waals surface area (Å²) in [7, 11) is 0. The SMILES string of the molecule is C=C(N=C(N=Cn1c2ccccc2c2cccc(-c3ccc(-c4ccccc4)cc3)c21)c1ccc(-c2ccccc2)cc1)c1ccccc1. The van der Waals surface area contributed by atoms with Gasteiger partial charge in [-0.25, -0.2) is 9.98 Å². The Labute approximate surface area is 286 Å². The van der Waals surface area contributed by atoms with E-state index >= 15 is 0 Å². The van der Waals surface area contributed by atoms with Crippen LogP contribution in [0.5, 0.6) is 0 Å². The molecule has 0 spiro atoms. The van der Waals surface area contributed by atoms with Crippen molar-refractivity contribution in [3.63, 3.8) is 0 Å². The van der Waals surface area contributed by atoms with E-state index in [2.05, 4.69) is 151 Å². The summed E-state index contributed by atoms with van der Waals surface area (Å²) in [5.74, 6) is 0.587. The second kappa shape index (κ2) is 13.3. The molecule has 1 heterocycles. The molecule has 49 heavy (non-hydrogen) atoms.